The van der Waals surface area contributed by atoms with Crippen LogP contribution in [0.25, 0.3) is 0 Å². The van der Waals surface area contributed by atoms with Crippen molar-refractivity contribution in [2.75, 3.05) is 18.4 Å². The van der Waals surface area contributed by atoms with E-state index in [9.17, 15) is 19.2 Å². The number of hydrogen-bond donors (Lipinski definition) is 4. The summed E-state index contributed by atoms with van der Waals surface area (Å²) in [6.07, 6.45) is 3.79. The Balaban J connectivity index is 1.72. The topological polar surface area (TPSA) is 128 Å². The Morgan fingerprint density at radius 1 is 0.850 bits per heavy atom. The first kappa shape index (κ1) is 30.7. The molecule has 0 atom stereocenters. The molecule has 2 aromatic rings. The number of carboxylic acids is 1. The molecule has 0 saturated heterocycles. The third-order valence-corrected chi connectivity index (χ3v) is 7.55. The number of nitrogens with zero attached hydrogens (tertiary/aromatic N) is 1. The smallest absolute Gasteiger partial charge is 0.322 e. The first-order chi connectivity index (χ1) is 19.0. The summed E-state index contributed by atoms with van der Waals surface area (Å²) in [6, 6.07) is 13.8. The molecule has 40 heavy (non-hydrogen) atoms. The SMILES string of the molecule is CCNC(=O)c1ccc(NC(=O)N(Cc2ccc(C(=O)NCCC(=O)O)cc2)C2CCC(C(C)(C)C)CC2)cc1. The Hall–Kier alpha value is -3.88. The number of carboxylic acid groups (broad SMARTS) is 1. The zero-order valence-corrected chi connectivity index (χ0v) is 24.0. The van der Waals surface area contributed by atoms with E-state index in [0.717, 1.165) is 31.2 Å². The highest BCUT2D eigenvalue weighted by molar-refractivity contribution is 5.96. The second-order valence-corrected chi connectivity index (χ2v) is 11.5. The molecule has 0 heterocycles. The average molecular weight is 551 g/mol. The summed E-state index contributed by atoms with van der Waals surface area (Å²) >= 11 is 0. The van der Waals surface area contributed by atoms with Gasteiger partial charge < -0.3 is 26.0 Å². The summed E-state index contributed by atoms with van der Waals surface area (Å²) in [6.45, 7) is 9.66. The summed E-state index contributed by atoms with van der Waals surface area (Å²) in [7, 11) is 0. The van der Waals surface area contributed by atoms with Crippen molar-refractivity contribution in [1.82, 2.24) is 15.5 Å². The van der Waals surface area contributed by atoms with E-state index in [1.165, 1.54) is 0 Å². The van der Waals surface area contributed by atoms with Crippen molar-refractivity contribution in [3.05, 3.63) is 65.2 Å². The van der Waals surface area contributed by atoms with Crippen molar-refractivity contribution >= 4 is 29.5 Å². The lowest BCUT2D eigenvalue weighted by molar-refractivity contribution is -0.136. The summed E-state index contributed by atoms with van der Waals surface area (Å²) in [4.78, 5) is 50.6. The Morgan fingerprint density at radius 3 is 1.93 bits per heavy atom. The van der Waals surface area contributed by atoms with Crippen molar-refractivity contribution in [1.29, 1.82) is 0 Å². The molecule has 9 nitrogen and oxygen atoms in total. The second-order valence-electron chi connectivity index (χ2n) is 11.5. The van der Waals surface area contributed by atoms with Gasteiger partial charge in [0, 0.05) is 42.5 Å². The van der Waals surface area contributed by atoms with E-state index in [4.69, 9.17) is 5.11 Å². The summed E-state index contributed by atoms with van der Waals surface area (Å²) in [5, 5.41) is 17.1. The fourth-order valence-corrected chi connectivity index (χ4v) is 5.13. The fourth-order valence-electron chi connectivity index (χ4n) is 5.13. The maximum absolute atomic E-state index is 13.6. The van der Waals surface area contributed by atoms with Gasteiger partial charge in [0.2, 0.25) is 0 Å². The third kappa shape index (κ3) is 8.83. The second kappa shape index (κ2) is 14.0. The van der Waals surface area contributed by atoms with E-state index in [2.05, 4.69) is 36.7 Å². The summed E-state index contributed by atoms with van der Waals surface area (Å²) in [5.41, 5.74) is 2.69. The van der Waals surface area contributed by atoms with Gasteiger partial charge in [0.1, 0.15) is 0 Å². The van der Waals surface area contributed by atoms with E-state index < -0.39 is 5.97 Å². The number of amides is 4. The predicted octanol–water partition coefficient (Wildman–Crippen LogP) is 5.28. The molecule has 4 amide bonds. The Labute approximate surface area is 236 Å². The molecule has 3 rings (SSSR count). The third-order valence-electron chi connectivity index (χ3n) is 7.55. The number of rotatable bonds is 10. The average Bonchev–Trinajstić information content (AvgIpc) is 2.92. The van der Waals surface area contributed by atoms with Crippen molar-refractivity contribution in [3.63, 3.8) is 0 Å². The molecule has 0 spiro atoms. The monoisotopic (exact) mass is 550 g/mol. The van der Waals surface area contributed by atoms with Gasteiger partial charge in [-0.3, -0.25) is 14.4 Å². The molecule has 0 aliphatic heterocycles. The zero-order chi connectivity index (χ0) is 29.3. The molecule has 0 aromatic heterocycles. The van der Waals surface area contributed by atoms with Crippen LogP contribution in [0.15, 0.2) is 48.5 Å². The number of carbonyl (C=O) groups is 4. The first-order valence-electron chi connectivity index (χ1n) is 14.0. The highest BCUT2D eigenvalue weighted by Crippen LogP contribution is 2.39. The quantitative estimate of drug-likeness (QED) is 0.320. The number of urea groups is 1. The Kier molecular flexibility index (Phi) is 10.7. The number of carbonyl (C=O) groups excluding carboxylic acids is 3. The molecule has 1 aliphatic carbocycles. The molecule has 2 aromatic carbocycles. The van der Waals surface area contributed by atoms with E-state index in [1.807, 2.05) is 24.0 Å². The summed E-state index contributed by atoms with van der Waals surface area (Å²) in [5.74, 6) is -0.853. The van der Waals surface area contributed by atoms with Crippen molar-refractivity contribution < 1.29 is 24.3 Å². The zero-order valence-electron chi connectivity index (χ0n) is 24.0. The van der Waals surface area contributed by atoms with Crippen molar-refractivity contribution in [2.24, 2.45) is 11.3 Å². The molecule has 9 heteroatoms. The van der Waals surface area contributed by atoms with E-state index in [-0.39, 0.29) is 42.3 Å². The van der Waals surface area contributed by atoms with Gasteiger partial charge in [0.25, 0.3) is 11.8 Å². The number of nitrogens with one attached hydrogen (secondary N) is 3. The van der Waals surface area contributed by atoms with Gasteiger partial charge in [-0.1, -0.05) is 32.9 Å². The van der Waals surface area contributed by atoms with E-state index in [1.54, 1.807) is 36.4 Å². The first-order valence-corrected chi connectivity index (χ1v) is 14.0. The largest absolute Gasteiger partial charge is 0.481 e. The lowest BCUT2D eigenvalue weighted by atomic mass is 9.71. The summed E-state index contributed by atoms with van der Waals surface area (Å²) < 4.78 is 0. The lowest BCUT2D eigenvalue weighted by Gasteiger charge is -2.41. The van der Waals surface area contributed by atoms with E-state index >= 15 is 0 Å². The molecular weight excluding hydrogens is 508 g/mol. The molecule has 1 aliphatic rings. The van der Waals surface area contributed by atoms with Crippen LogP contribution in [0.4, 0.5) is 10.5 Å². The maximum Gasteiger partial charge on any atom is 0.322 e. The number of anilines is 1. The van der Waals surface area contributed by atoms with Gasteiger partial charge in [-0.2, -0.15) is 0 Å². The van der Waals surface area contributed by atoms with Crippen LogP contribution in [0, 0.1) is 11.3 Å². The van der Waals surface area contributed by atoms with Gasteiger partial charge in [0.05, 0.1) is 6.42 Å². The maximum atomic E-state index is 13.6. The van der Waals surface area contributed by atoms with Crippen LogP contribution < -0.4 is 16.0 Å². The van der Waals surface area contributed by atoms with Crippen LogP contribution in [0.2, 0.25) is 0 Å². The molecular formula is C31H42N4O5. The molecule has 216 valence electrons. The molecule has 0 bridgehead atoms. The molecule has 0 unspecified atom stereocenters. The minimum absolute atomic E-state index is 0.0609. The number of aliphatic carboxylic acids is 1. The van der Waals surface area contributed by atoms with Crippen molar-refractivity contribution in [2.45, 2.75) is 72.4 Å². The minimum atomic E-state index is -0.969. The number of hydrogen-bond acceptors (Lipinski definition) is 4. The Bertz CT molecular complexity index is 1160. The van der Waals surface area contributed by atoms with Gasteiger partial charge >= 0.3 is 12.0 Å². The van der Waals surface area contributed by atoms with E-state index in [0.29, 0.717) is 35.8 Å². The fraction of sp³-hybridized carbons (Fsp3) is 0.484. The number of benzene rings is 2. The van der Waals surface area contributed by atoms with Crippen LogP contribution in [-0.4, -0.2) is 53.0 Å². The van der Waals surface area contributed by atoms with Crippen LogP contribution >= 0.6 is 0 Å². The molecule has 0 radical (unpaired) electrons. The lowest BCUT2D eigenvalue weighted by Crippen LogP contribution is -2.45. The molecule has 1 saturated carbocycles. The van der Waals surface area contributed by atoms with Crippen molar-refractivity contribution in [3.8, 4) is 0 Å². The highest BCUT2D eigenvalue weighted by atomic mass is 16.4. The highest BCUT2D eigenvalue weighted by Gasteiger charge is 2.33. The molecule has 4 N–H and O–H groups in total. The van der Waals surface area contributed by atoms with Gasteiger partial charge in [-0.05, 0) is 85.9 Å². The normalized spacial score (nSPS) is 17.0. The Morgan fingerprint density at radius 2 is 1.40 bits per heavy atom. The van der Waals surface area contributed by atoms with Gasteiger partial charge in [-0.15, -0.1) is 0 Å². The van der Waals surface area contributed by atoms with Gasteiger partial charge in [-0.25, -0.2) is 4.79 Å². The standard InChI is InChI=1S/C31H42N4O5/c1-5-32-28(38)23-10-14-25(15-11-23)34-30(40)35(26-16-12-24(13-17-26)31(2,3)4)20-21-6-8-22(9-7-21)29(39)33-19-18-27(36)37/h6-11,14-15,24,26H,5,12-13,16-20H2,1-4H3,(H,32,38)(H,33,39)(H,34,40)(H,36,37). The van der Waals surface area contributed by atoms with Crippen LogP contribution in [-0.2, 0) is 11.3 Å². The van der Waals surface area contributed by atoms with Crippen LogP contribution in [0.3, 0.4) is 0 Å². The minimum Gasteiger partial charge on any atom is -0.481 e. The van der Waals surface area contributed by atoms with Crippen LogP contribution in [0.5, 0.6) is 0 Å². The van der Waals surface area contributed by atoms with Gasteiger partial charge in [0.15, 0.2) is 0 Å². The predicted molar refractivity (Wildman–Crippen MR) is 155 cm³/mol. The van der Waals surface area contributed by atoms with Crippen LogP contribution in [0.1, 0.15) is 86.1 Å². The molecule has 1 fully saturated rings.